The molecule has 4 rings (SSSR count). The monoisotopic (exact) mass is 406 g/mol. The van der Waals surface area contributed by atoms with Crippen molar-refractivity contribution in [2.24, 2.45) is 0 Å². The number of hydrogen-bond donors (Lipinski definition) is 2. The van der Waals surface area contributed by atoms with E-state index in [9.17, 15) is 4.79 Å². The molecule has 0 bridgehead atoms. The van der Waals surface area contributed by atoms with Gasteiger partial charge in [0.25, 0.3) is 5.56 Å². The molecule has 30 heavy (non-hydrogen) atoms. The van der Waals surface area contributed by atoms with Crippen LogP contribution in [0.4, 0.5) is 17.3 Å². The van der Waals surface area contributed by atoms with Crippen LogP contribution in [0.1, 0.15) is 38.3 Å². The zero-order valence-corrected chi connectivity index (χ0v) is 18.0. The van der Waals surface area contributed by atoms with Crippen LogP contribution < -0.4 is 21.1 Å². The molecule has 0 atom stereocenters. The molecule has 0 radical (unpaired) electrons. The zero-order valence-electron chi connectivity index (χ0n) is 18.0. The predicted molar refractivity (Wildman–Crippen MR) is 123 cm³/mol. The summed E-state index contributed by atoms with van der Waals surface area (Å²) in [5.41, 5.74) is 4.67. The molecule has 158 valence electrons. The number of rotatable bonds is 6. The first-order valence-corrected chi connectivity index (χ1v) is 10.8. The Morgan fingerprint density at radius 1 is 1.13 bits per heavy atom. The average Bonchev–Trinajstić information content (AvgIpc) is 2.78. The number of aromatic nitrogens is 3. The Kier molecular flexibility index (Phi) is 5.99. The fourth-order valence-electron chi connectivity index (χ4n) is 4.18. The van der Waals surface area contributed by atoms with Gasteiger partial charge in [0.05, 0.1) is 17.2 Å². The highest BCUT2D eigenvalue weighted by Crippen LogP contribution is 2.24. The summed E-state index contributed by atoms with van der Waals surface area (Å²) in [6.07, 6.45) is 3.56. The van der Waals surface area contributed by atoms with Gasteiger partial charge in [0.1, 0.15) is 0 Å². The number of benzene rings is 1. The number of piperazine rings is 1. The first kappa shape index (κ1) is 20.3. The minimum Gasteiger partial charge on any atom is -0.369 e. The van der Waals surface area contributed by atoms with Crippen molar-refractivity contribution in [2.75, 3.05) is 36.4 Å². The van der Waals surface area contributed by atoms with E-state index < -0.39 is 0 Å². The van der Waals surface area contributed by atoms with E-state index in [-0.39, 0.29) is 11.6 Å². The van der Waals surface area contributed by atoms with Gasteiger partial charge in [0.15, 0.2) is 0 Å². The minimum absolute atomic E-state index is 0.0153. The van der Waals surface area contributed by atoms with Gasteiger partial charge < -0.3 is 20.1 Å². The molecule has 0 spiro atoms. The van der Waals surface area contributed by atoms with Crippen LogP contribution in [-0.2, 0) is 0 Å². The van der Waals surface area contributed by atoms with E-state index in [1.807, 2.05) is 11.5 Å². The number of fused-ring (bicyclic) bond motifs is 1. The number of nitrogens with zero attached hydrogens (tertiary/aromatic N) is 4. The molecule has 2 aromatic heterocycles. The smallest absolute Gasteiger partial charge is 0.251 e. The first-order valence-electron chi connectivity index (χ1n) is 10.8. The summed E-state index contributed by atoms with van der Waals surface area (Å²) >= 11 is 0. The molecule has 1 fully saturated rings. The molecule has 3 aromatic rings. The fraction of sp³-hybridized carbons (Fsp3) is 0.435. The summed E-state index contributed by atoms with van der Waals surface area (Å²) in [7, 11) is 0. The highest BCUT2D eigenvalue weighted by molar-refractivity contribution is 5.79. The van der Waals surface area contributed by atoms with Crippen molar-refractivity contribution in [3.63, 3.8) is 0 Å². The molecule has 1 aromatic carbocycles. The number of pyridine rings is 1. The first-order chi connectivity index (χ1) is 14.6. The second kappa shape index (κ2) is 8.83. The molecule has 7 nitrogen and oxygen atoms in total. The van der Waals surface area contributed by atoms with Gasteiger partial charge >= 0.3 is 0 Å². The molecular formula is C23H30N6O. The van der Waals surface area contributed by atoms with Crippen molar-refractivity contribution in [3.8, 4) is 0 Å². The molecule has 3 heterocycles. The lowest BCUT2D eigenvalue weighted by Gasteiger charge is -2.29. The molecule has 0 saturated carbocycles. The van der Waals surface area contributed by atoms with Crippen LogP contribution in [0.5, 0.6) is 0 Å². The van der Waals surface area contributed by atoms with Crippen LogP contribution in [0.3, 0.4) is 0 Å². The van der Waals surface area contributed by atoms with Gasteiger partial charge in [-0.05, 0) is 49.6 Å². The highest BCUT2D eigenvalue weighted by Gasteiger charge is 2.15. The summed E-state index contributed by atoms with van der Waals surface area (Å²) in [5, 5.41) is 6.68. The standard InChI is InChI=1S/C23H30N6O/c1-4-18(5-2)29-20-15-25-23(27-22(20)16(3)14-21(29)30)26-17-6-8-19(9-7-17)28-12-10-24-11-13-28/h6-9,14-15,18,24H,4-5,10-13H2,1-3H3,(H,25,26,27). The third-order valence-electron chi connectivity index (χ3n) is 5.89. The van der Waals surface area contributed by atoms with E-state index in [1.165, 1.54) is 5.69 Å². The second-order valence-corrected chi connectivity index (χ2v) is 7.84. The Balaban J connectivity index is 1.61. The van der Waals surface area contributed by atoms with Gasteiger partial charge in [0, 0.05) is 49.7 Å². The maximum atomic E-state index is 12.6. The summed E-state index contributed by atoms with van der Waals surface area (Å²) in [6.45, 7) is 10.2. The van der Waals surface area contributed by atoms with E-state index in [2.05, 4.69) is 58.6 Å². The van der Waals surface area contributed by atoms with E-state index >= 15 is 0 Å². The van der Waals surface area contributed by atoms with Crippen molar-refractivity contribution in [1.29, 1.82) is 0 Å². The molecule has 1 aliphatic rings. The molecule has 7 heteroatoms. The summed E-state index contributed by atoms with van der Waals surface area (Å²) in [4.78, 5) is 24.3. The van der Waals surface area contributed by atoms with E-state index in [1.54, 1.807) is 12.3 Å². The van der Waals surface area contributed by atoms with Crippen LogP contribution in [0.25, 0.3) is 11.0 Å². The van der Waals surface area contributed by atoms with Crippen molar-refractivity contribution in [1.82, 2.24) is 19.9 Å². The van der Waals surface area contributed by atoms with Gasteiger partial charge in [-0.3, -0.25) is 4.79 Å². The lowest BCUT2D eigenvalue weighted by atomic mass is 10.1. The number of hydrogen-bond acceptors (Lipinski definition) is 6. The Morgan fingerprint density at radius 3 is 2.50 bits per heavy atom. The molecule has 0 amide bonds. The van der Waals surface area contributed by atoms with Crippen molar-refractivity contribution >= 4 is 28.4 Å². The predicted octanol–water partition coefficient (Wildman–Crippen LogP) is 3.61. The molecule has 0 aliphatic carbocycles. The quantitative estimate of drug-likeness (QED) is 0.651. The Hall–Kier alpha value is -2.93. The third kappa shape index (κ3) is 4.03. The zero-order chi connectivity index (χ0) is 21.1. The van der Waals surface area contributed by atoms with Crippen molar-refractivity contribution in [2.45, 2.75) is 39.7 Å². The SMILES string of the molecule is CCC(CC)n1c(=O)cc(C)c2nc(Nc3ccc(N4CCNCC4)cc3)ncc21. The van der Waals surface area contributed by atoms with Crippen LogP contribution in [0.15, 0.2) is 41.3 Å². The maximum Gasteiger partial charge on any atom is 0.251 e. The van der Waals surface area contributed by atoms with E-state index in [4.69, 9.17) is 4.98 Å². The van der Waals surface area contributed by atoms with Crippen LogP contribution >= 0.6 is 0 Å². The van der Waals surface area contributed by atoms with Gasteiger partial charge in [-0.2, -0.15) is 0 Å². The maximum absolute atomic E-state index is 12.6. The molecular weight excluding hydrogens is 376 g/mol. The van der Waals surface area contributed by atoms with Gasteiger partial charge in [-0.15, -0.1) is 0 Å². The summed E-state index contributed by atoms with van der Waals surface area (Å²) < 4.78 is 1.84. The normalized spacial score (nSPS) is 14.5. The van der Waals surface area contributed by atoms with Gasteiger partial charge in [-0.25, -0.2) is 9.97 Å². The largest absolute Gasteiger partial charge is 0.369 e. The highest BCUT2D eigenvalue weighted by atomic mass is 16.1. The number of nitrogens with one attached hydrogen (secondary N) is 2. The second-order valence-electron chi connectivity index (χ2n) is 7.84. The van der Waals surface area contributed by atoms with Crippen molar-refractivity contribution < 1.29 is 0 Å². The van der Waals surface area contributed by atoms with Gasteiger partial charge in [-0.1, -0.05) is 13.8 Å². The molecule has 1 aliphatic heterocycles. The fourth-order valence-corrected chi connectivity index (χ4v) is 4.18. The third-order valence-corrected chi connectivity index (χ3v) is 5.89. The van der Waals surface area contributed by atoms with Crippen LogP contribution in [0.2, 0.25) is 0 Å². The van der Waals surface area contributed by atoms with Crippen molar-refractivity contribution in [3.05, 3.63) is 52.4 Å². The molecule has 2 N–H and O–H groups in total. The summed E-state index contributed by atoms with van der Waals surface area (Å²) in [6, 6.07) is 10.2. The minimum atomic E-state index is 0.0153. The van der Waals surface area contributed by atoms with E-state index in [0.29, 0.717) is 5.95 Å². The molecule has 0 unspecified atom stereocenters. The average molecular weight is 407 g/mol. The number of aryl methyl sites for hydroxylation is 1. The van der Waals surface area contributed by atoms with Gasteiger partial charge in [0.2, 0.25) is 5.95 Å². The van der Waals surface area contributed by atoms with Crippen LogP contribution in [-0.4, -0.2) is 40.7 Å². The summed E-state index contributed by atoms with van der Waals surface area (Å²) in [5.74, 6) is 0.537. The number of anilines is 3. The Morgan fingerprint density at radius 2 is 1.83 bits per heavy atom. The topological polar surface area (TPSA) is 75.1 Å². The Labute approximate surface area is 177 Å². The molecule has 1 saturated heterocycles. The lowest BCUT2D eigenvalue weighted by molar-refractivity contribution is 0.472. The lowest BCUT2D eigenvalue weighted by Crippen LogP contribution is -2.43. The Bertz CT molecular complexity index is 1070. The van der Waals surface area contributed by atoms with Crippen LogP contribution in [0, 0.1) is 6.92 Å². The van der Waals surface area contributed by atoms with E-state index in [0.717, 1.165) is 61.3 Å².